The van der Waals surface area contributed by atoms with E-state index in [0.717, 1.165) is 12.1 Å². The molecule has 0 spiro atoms. The molecule has 2 rings (SSSR count). The summed E-state index contributed by atoms with van der Waals surface area (Å²) in [5.74, 6) is -3.98. The summed E-state index contributed by atoms with van der Waals surface area (Å²) in [6.07, 6.45) is 0. The van der Waals surface area contributed by atoms with E-state index in [1.165, 1.54) is 24.3 Å². The Morgan fingerprint density at radius 1 is 0.769 bits per heavy atom. The zero-order valence-corrected chi connectivity index (χ0v) is 12.9. The quantitative estimate of drug-likeness (QED) is 0.482. The summed E-state index contributed by atoms with van der Waals surface area (Å²) >= 11 is 0. The standard InChI is InChI=1S/C16H10F2N6O2/c17-11-5-9(7-19)1-3-13(11)21-23-15(25)16(26)24-22-14-4-2-10(8-20)6-12(14)18/h1-6,21-22H,(H,23,25)(H,24,26). The Hall–Kier alpha value is -4.18. The van der Waals surface area contributed by atoms with Crippen LogP contribution < -0.4 is 21.7 Å². The minimum Gasteiger partial charge on any atom is -0.295 e. The van der Waals surface area contributed by atoms with Gasteiger partial charge in [-0.3, -0.25) is 31.3 Å². The van der Waals surface area contributed by atoms with Crippen LogP contribution in [-0.4, -0.2) is 11.8 Å². The lowest BCUT2D eigenvalue weighted by Crippen LogP contribution is -2.44. The molecule has 0 unspecified atom stereocenters. The molecule has 2 amide bonds. The average molecular weight is 356 g/mol. The maximum Gasteiger partial charge on any atom is 0.329 e. The highest BCUT2D eigenvalue weighted by atomic mass is 19.1. The van der Waals surface area contributed by atoms with Crippen LogP contribution in [0.4, 0.5) is 20.2 Å². The molecule has 0 saturated heterocycles. The van der Waals surface area contributed by atoms with Crippen molar-refractivity contribution in [1.82, 2.24) is 10.9 Å². The summed E-state index contributed by atoms with van der Waals surface area (Å²) in [6.45, 7) is 0. The SMILES string of the molecule is N#Cc1ccc(NNC(=O)C(=O)NNc2ccc(C#N)cc2F)c(F)c1. The first kappa shape index (κ1) is 18.2. The smallest absolute Gasteiger partial charge is 0.295 e. The molecule has 4 N–H and O–H groups in total. The number of halogens is 2. The van der Waals surface area contributed by atoms with Crippen molar-refractivity contribution in [2.24, 2.45) is 0 Å². The van der Waals surface area contributed by atoms with E-state index in [4.69, 9.17) is 10.5 Å². The molecular formula is C16H10F2N6O2. The van der Waals surface area contributed by atoms with E-state index in [9.17, 15) is 18.4 Å². The van der Waals surface area contributed by atoms with Crippen molar-refractivity contribution in [2.45, 2.75) is 0 Å². The molecule has 10 heteroatoms. The van der Waals surface area contributed by atoms with Crippen molar-refractivity contribution in [3.8, 4) is 12.1 Å². The van der Waals surface area contributed by atoms with Gasteiger partial charge in [0.05, 0.1) is 34.6 Å². The number of anilines is 2. The molecule has 0 saturated carbocycles. The second-order valence-corrected chi connectivity index (χ2v) is 4.77. The van der Waals surface area contributed by atoms with Gasteiger partial charge in [-0.25, -0.2) is 8.78 Å². The van der Waals surface area contributed by atoms with Gasteiger partial charge in [-0.05, 0) is 36.4 Å². The number of benzene rings is 2. The fourth-order valence-corrected chi connectivity index (χ4v) is 1.73. The Balaban J connectivity index is 1.89. The zero-order valence-electron chi connectivity index (χ0n) is 12.9. The predicted molar refractivity (Wildman–Crippen MR) is 85.8 cm³/mol. The number of nitriles is 2. The molecule has 0 aromatic heterocycles. The minimum atomic E-state index is -1.18. The Kier molecular flexibility index (Phi) is 5.64. The summed E-state index contributed by atoms with van der Waals surface area (Å²) in [5, 5.41) is 17.3. The molecule has 0 aliphatic heterocycles. The van der Waals surface area contributed by atoms with Crippen LogP contribution in [0.1, 0.15) is 11.1 Å². The number of hydrazine groups is 2. The highest BCUT2D eigenvalue weighted by Crippen LogP contribution is 2.15. The first-order valence-electron chi connectivity index (χ1n) is 6.96. The van der Waals surface area contributed by atoms with Crippen LogP contribution in [0.5, 0.6) is 0 Å². The van der Waals surface area contributed by atoms with Gasteiger partial charge >= 0.3 is 11.8 Å². The van der Waals surface area contributed by atoms with Crippen LogP contribution in [-0.2, 0) is 9.59 Å². The summed E-state index contributed by atoms with van der Waals surface area (Å²) in [7, 11) is 0. The maximum absolute atomic E-state index is 13.6. The van der Waals surface area contributed by atoms with E-state index in [-0.39, 0.29) is 22.5 Å². The molecule has 2 aromatic rings. The molecule has 0 aliphatic carbocycles. The Morgan fingerprint density at radius 2 is 1.15 bits per heavy atom. The average Bonchev–Trinajstić information content (AvgIpc) is 2.65. The number of rotatable bonds is 4. The molecule has 26 heavy (non-hydrogen) atoms. The van der Waals surface area contributed by atoms with Crippen LogP contribution >= 0.6 is 0 Å². The normalized spacial score (nSPS) is 9.38. The lowest BCUT2D eigenvalue weighted by molar-refractivity contribution is -0.138. The Bertz CT molecular complexity index is 871. The second-order valence-electron chi connectivity index (χ2n) is 4.77. The molecule has 0 aliphatic rings. The Labute approximate surface area is 146 Å². The number of nitrogens with one attached hydrogen (secondary N) is 4. The number of carbonyl (C=O) groups excluding carboxylic acids is 2. The van der Waals surface area contributed by atoms with Gasteiger partial charge < -0.3 is 0 Å². The Morgan fingerprint density at radius 3 is 1.46 bits per heavy atom. The number of nitrogens with zero attached hydrogens (tertiary/aromatic N) is 2. The van der Waals surface area contributed by atoms with Gasteiger partial charge in [-0.2, -0.15) is 10.5 Å². The largest absolute Gasteiger partial charge is 0.329 e. The van der Waals surface area contributed by atoms with E-state index in [1.54, 1.807) is 12.1 Å². The first-order valence-corrected chi connectivity index (χ1v) is 6.96. The molecule has 8 nitrogen and oxygen atoms in total. The highest BCUT2D eigenvalue weighted by molar-refractivity contribution is 6.35. The fraction of sp³-hybridized carbons (Fsp3) is 0. The van der Waals surface area contributed by atoms with E-state index in [0.29, 0.717) is 0 Å². The maximum atomic E-state index is 13.6. The summed E-state index contributed by atoms with van der Waals surface area (Å²) < 4.78 is 27.2. The summed E-state index contributed by atoms with van der Waals surface area (Å²) in [4.78, 5) is 23.2. The van der Waals surface area contributed by atoms with Gasteiger partial charge in [-0.1, -0.05) is 0 Å². The van der Waals surface area contributed by atoms with Crippen molar-refractivity contribution >= 4 is 23.2 Å². The third kappa shape index (κ3) is 4.43. The van der Waals surface area contributed by atoms with Crippen LogP contribution in [0.25, 0.3) is 0 Å². The van der Waals surface area contributed by atoms with Gasteiger partial charge in [0, 0.05) is 0 Å². The summed E-state index contributed by atoms with van der Waals surface area (Å²) in [5.41, 5.74) is 8.13. The second kappa shape index (κ2) is 8.08. The first-order chi connectivity index (χ1) is 12.4. The third-order valence-corrected chi connectivity index (χ3v) is 3.02. The molecule has 0 heterocycles. The lowest BCUT2D eigenvalue weighted by Gasteiger charge is -2.11. The molecule has 0 atom stereocenters. The van der Waals surface area contributed by atoms with E-state index in [2.05, 4.69) is 10.9 Å². The van der Waals surface area contributed by atoms with Crippen molar-refractivity contribution in [2.75, 3.05) is 10.9 Å². The van der Waals surface area contributed by atoms with Crippen molar-refractivity contribution < 1.29 is 18.4 Å². The number of amides is 2. The van der Waals surface area contributed by atoms with Crippen LogP contribution in [0.15, 0.2) is 36.4 Å². The lowest BCUT2D eigenvalue weighted by atomic mass is 10.2. The van der Waals surface area contributed by atoms with Crippen molar-refractivity contribution in [3.63, 3.8) is 0 Å². The topological polar surface area (TPSA) is 130 Å². The van der Waals surface area contributed by atoms with Gasteiger partial charge in [-0.15, -0.1) is 0 Å². The van der Waals surface area contributed by atoms with Crippen molar-refractivity contribution in [3.05, 3.63) is 59.2 Å². The zero-order chi connectivity index (χ0) is 19.1. The van der Waals surface area contributed by atoms with Gasteiger partial charge in [0.2, 0.25) is 0 Å². The van der Waals surface area contributed by atoms with Crippen LogP contribution in [0.2, 0.25) is 0 Å². The fourth-order valence-electron chi connectivity index (χ4n) is 1.73. The van der Waals surface area contributed by atoms with Crippen molar-refractivity contribution in [1.29, 1.82) is 10.5 Å². The number of hydrogen-bond donors (Lipinski definition) is 4. The molecule has 0 fully saturated rings. The number of hydrogen-bond acceptors (Lipinski definition) is 6. The molecule has 2 aromatic carbocycles. The van der Waals surface area contributed by atoms with Gasteiger partial charge in [0.25, 0.3) is 0 Å². The minimum absolute atomic E-state index is 0.0887. The van der Waals surface area contributed by atoms with E-state index in [1.807, 2.05) is 10.9 Å². The third-order valence-electron chi connectivity index (χ3n) is 3.02. The molecule has 0 bridgehead atoms. The predicted octanol–water partition coefficient (Wildman–Crippen LogP) is 1.29. The summed E-state index contributed by atoms with van der Waals surface area (Å²) in [6, 6.07) is 10.4. The van der Waals surface area contributed by atoms with E-state index >= 15 is 0 Å². The molecule has 130 valence electrons. The van der Waals surface area contributed by atoms with Crippen LogP contribution in [0, 0.1) is 34.3 Å². The van der Waals surface area contributed by atoms with Crippen LogP contribution in [0.3, 0.4) is 0 Å². The molecule has 0 radical (unpaired) electrons. The molecular weight excluding hydrogens is 346 g/mol. The monoisotopic (exact) mass is 356 g/mol. The number of carbonyl (C=O) groups is 2. The highest BCUT2D eigenvalue weighted by Gasteiger charge is 2.14. The van der Waals surface area contributed by atoms with Gasteiger partial charge in [0.1, 0.15) is 11.6 Å². The van der Waals surface area contributed by atoms with Gasteiger partial charge in [0.15, 0.2) is 0 Å². The van der Waals surface area contributed by atoms with E-state index < -0.39 is 23.4 Å².